The Bertz CT molecular complexity index is 1460. The maximum absolute atomic E-state index is 13.1. The minimum Gasteiger partial charge on any atom is -0.399 e. The van der Waals surface area contributed by atoms with E-state index in [0.717, 1.165) is 4.68 Å². The summed E-state index contributed by atoms with van der Waals surface area (Å²) in [6.07, 6.45) is 1.91. The number of aromatic nitrogens is 6. The lowest BCUT2D eigenvalue weighted by molar-refractivity contribution is 0.0933. The fourth-order valence-corrected chi connectivity index (χ4v) is 3.57. The zero-order chi connectivity index (χ0) is 25.3. The van der Waals surface area contributed by atoms with Gasteiger partial charge in [0, 0.05) is 35.6 Å². The van der Waals surface area contributed by atoms with Gasteiger partial charge in [-0.15, -0.1) is 5.10 Å². The quantitative estimate of drug-likeness (QED) is 0.405. The Morgan fingerprint density at radius 3 is 2.51 bits per heavy atom. The van der Waals surface area contributed by atoms with Gasteiger partial charge in [0.1, 0.15) is 5.69 Å². The SMILES string of the molecule is Cc1cc(C(=O)N[C@H](C)c2cc(N)cc(C(F)F)c2)nn(-c2cncc(-c3cnnn3C)c2)c1=O. The lowest BCUT2D eigenvalue weighted by Gasteiger charge is -2.17. The van der Waals surface area contributed by atoms with Gasteiger partial charge in [0.25, 0.3) is 17.9 Å². The van der Waals surface area contributed by atoms with Crippen molar-refractivity contribution in [3.8, 4) is 16.9 Å². The van der Waals surface area contributed by atoms with Crippen LogP contribution in [0.4, 0.5) is 14.5 Å². The number of pyridine rings is 1. The van der Waals surface area contributed by atoms with E-state index >= 15 is 0 Å². The van der Waals surface area contributed by atoms with Crippen LogP contribution in [0.1, 0.15) is 46.6 Å². The van der Waals surface area contributed by atoms with E-state index in [0.29, 0.717) is 22.5 Å². The van der Waals surface area contributed by atoms with Crippen molar-refractivity contribution in [2.24, 2.45) is 7.05 Å². The van der Waals surface area contributed by atoms with Crippen molar-refractivity contribution in [2.45, 2.75) is 26.3 Å². The number of amides is 1. The van der Waals surface area contributed by atoms with Gasteiger partial charge >= 0.3 is 0 Å². The molecular formula is C23H22F2N8O2. The number of nitrogens with zero attached hydrogens (tertiary/aromatic N) is 6. The van der Waals surface area contributed by atoms with Gasteiger partial charge in [0.2, 0.25) is 0 Å². The Hall–Kier alpha value is -4.48. The molecule has 0 fully saturated rings. The first-order chi connectivity index (χ1) is 16.6. The smallest absolute Gasteiger partial charge is 0.274 e. The second kappa shape index (κ2) is 9.41. The van der Waals surface area contributed by atoms with Crippen LogP contribution in [0.2, 0.25) is 0 Å². The van der Waals surface area contributed by atoms with Gasteiger partial charge in [0.15, 0.2) is 0 Å². The van der Waals surface area contributed by atoms with Crippen molar-refractivity contribution in [1.29, 1.82) is 0 Å². The highest BCUT2D eigenvalue weighted by Gasteiger charge is 2.19. The Morgan fingerprint density at radius 2 is 1.83 bits per heavy atom. The van der Waals surface area contributed by atoms with Crippen molar-refractivity contribution < 1.29 is 13.6 Å². The van der Waals surface area contributed by atoms with Crippen molar-refractivity contribution in [1.82, 2.24) is 35.1 Å². The molecule has 10 nitrogen and oxygen atoms in total. The first-order valence-electron chi connectivity index (χ1n) is 10.5. The average Bonchev–Trinajstić information content (AvgIpc) is 3.26. The summed E-state index contributed by atoms with van der Waals surface area (Å²) in [5, 5.41) is 14.7. The summed E-state index contributed by atoms with van der Waals surface area (Å²) in [5.41, 5.74) is 7.60. The fraction of sp³-hybridized carbons (Fsp3) is 0.217. The highest BCUT2D eigenvalue weighted by molar-refractivity contribution is 5.92. The molecule has 0 saturated heterocycles. The molecule has 0 bridgehead atoms. The minimum absolute atomic E-state index is 0.0282. The topological polar surface area (TPSA) is 134 Å². The number of carbonyl (C=O) groups excluding carboxylic acids is 1. The normalized spacial score (nSPS) is 12.1. The van der Waals surface area contributed by atoms with E-state index in [-0.39, 0.29) is 22.5 Å². The van der Waals surface area contributed by atoms with Crippen LogP contribution in [0.5, 0.6) is 0 Å². The van der Waals surface area contributed by atoms with Crippen molar-refractivity contribution >= 4 is 11.6 Å². The van der Waals surface area contributed by atoms with E-state index in [2.05, 4.69) is 25.7 Å². The van der Waals surface area contributed by atoms with Gasteiger partial charge in [-0.1, -0.05) is 5.21 Å². The molecule has 1 atom stereocenters. The van der Waals surface area contributed by atoms with Crippen LogP contribution in [0.3, 0.4) is 0 Å². The van der Waals surface area contributed by atoms with Gasteiger partial charge in [-0.05, 0) is 49.7 Å². The van der Waals surface area contributed by atoms with Crippen LogP contribution in [-0.4, -0.2) is 35.7 Å². The number of nitrogens with one attached hydrogen (secondary N) is 1. The molecule has 0 radical (unpaired) electrons. The van der Waals surface area contributed by atoms with Crippen molar-refractivity contribution in [3.05, 3.63) is 81.7 Å². The van der Waals surface area contributed by atoms with Crippen LogP contribution in [0.25, 0.3) is 16.9 Å². The number of halogens is 2. The minimum atomic E-state index is -2.69. The number of nitrogen functional groups attached to an aromatic ring is 1. The maximum Gasteiger partial charge on any atom is 0.274 e. The van der Waals surface area contributed by atoms with Crippen LogP contribution in [0.15, 0.2) is 53.7 Å². The van der Waals surface area contributed by atoms with E-state index in [1.807, 2.05) is 0 Å². The predicted octanol–water partition coefficient (Wildman–Crippen LogP) is 2.74. The molecule has 12 heteroatoms. The summed E-state index contributed by atoms with van der Waals surface area (Å²) in [6.45, 7) is 3.20. The lowest BCUT2D eigenvalue weighted by Crippen LogP contribution is -2.32. The van der Waals surface area contributed by atoms with Gasteiger partial charge in [0.05, 0.1) is 29.8 Å². The molecule has 0 aliphatic heterocycles. The van der Waals surface area contributed by atoms with Gasteiger partial charge in [-0.25, -0.2) is 13.5 Å². The Morgan fingerprint density at radius 1 is 1.09 bits per heavy atom. The molecule has 0 unspecified atom stereocenters. The van der Waals surface area contributed by atoms with E-state index in [9.17, 15) is 18.4 Å². The molecule has 0 spiro atoms. The summed E-state index contributed by atoms with van der Waals surface area (Å²) in [4.78, 5) is 30.0. The second-order valence-corrected chi connectivity index (χ2v) is 8.03. The zero-order valence-electron chi connectivity index (χ0n) is 19.1. The molecule has 35 heavy (non-hydrogen) atoms. The first kappa shape index (κ1) is 23.7. The molecule has 0 aliphatic rings. The number of carbonyl (C=O) groups is 1. The average molecular weight is 480 g/mol. The third-order valence-electron chi connectivity index (χ3n) is 5.40. The predicted molar refractivity (Wildman–Crippen MR) is 124 cm³/mol. The molecule has 1 aromatic carbocycles. The van der Waals surface area contributed by atoms with Crippen LogP contribution >= 0.6 is 0 Å². The zero-order valence-corrected chi connectivity index (χ0v) is 19.1. The third kappa shape index (κ3) is 4.90. The highest BCUT2D eigenvalue weighted by atomic mass is 19.3. The molecule has 0 saturated carbocycles. The van der Waals surface area contributed by atoms with Crippen LogP contribution in [-0.2, 0) is 7.05 Å². The highest BCUT2D eigenvalue weighted by Crippen LogP contribution is 2.26. The Kier molecular flexibility index (Phi) is 6.36. The van der Waals surface area contributed by atoms with Crippen LogP contribution < -0.4 is 16.6 Å². The number of alkyl halides is 2. The molecule has 1 amide bonds. The van der Waals surface area contributed by atoms with Crippen molar-refractivity contribution in [3.63, 3.8) is 0 Å². The number of aryl methyl sites for hydroxylation is 2. The van der Waals surface area contributed by atoms with E-state index in [1.165, 1.54) is 30.5 Å². The summed E-state index contributed by atoms with van der Waals surface area (Å²) in [5.74, 6) is -0.588. The summed E-state index contributed by atoms with van der Waals surface area (Å²) >= 11 is 0. The standard InChI is InChI=1S/C23H22F2N8O2/c1-12-4-19(22(34)29-13(2)14-5-15(21(24)25)7-17(26)6-14)30-33(23(12)35)18-8-16(9-27-10-18)20-11-28-31-32(20)3/h4-11,13,21H,26H2,1-3H3,(H,29,34)/t13-/m1/s1. The number of hydrogen-bond acceptors (Lipinski definition) is 7. The number of hydrogen-bond donors (Lipinski definition) is 2. The first-order valence-corrected chi connectivity index (χ1v) is 10.5. The summed E-state index contributed by atoms with van der Waals surface area (Å²) in [6, 6.07) is 6.40. The number of anilines is 1. The number of rotatable bonds is 6. The van der Waals surface area contributed by atoms with E-state index in [4.69, 9.17) is 5.73 Å². The largest absolute Gasteiger partial charge is 0.399 e. The fourth-order valence-electron chi connectivity index (χ4n) is 3.57. The summed E-state index contributed by atoms with van der Waals surface area (Å²) < 4.78 is 28.9. The Balaban J connectivity index is 1.66. The van der Waals surface area contributed by atoms with Gasteiger partial charge in [-0.3, -0.25) is 14.6 Å². The second-order valence-electron chi connectivity index (χ2n) is 8.03. The van der Waals surface area contributed by atoms with E-state index < -0.39 is 23.9 Å². The molecule has 180 valence electrons. The lowest BCUT2D eigenvalue weighted by atomic mass is 10.0. The number of nitrogens with two attached hydrogens (primary N) is 1. The van der Waals surface area contributed by atoms with Crippen molar-refractivity contribution in [2.75, 3.05) is 5.73 Å². The summed E-state index contributed by atoms with van der Waals surface area (Å²) in [7, 11) is 1.72. The van der Waals surface area contributed by atoms with E-state index in [1.54, 1.807) is 44.0 Å². The maximum atomic E-state index is 13.1. The number of benzene rings is 1. The molecule has 0 aliphatic carbocycles. The monoisotopic (exact) mass is 480 g/mol. The molecule has 3 heterocycles. The molecule has 4 rings (SSSR count). The Labute approximate surface area is 198 Å². The third-order valence-corrected chi connectivity index (χ3v) is 5.40. The van der Waals surface area contributed by atoms with Crippen LogP contribution in [0, 0.1) is 6.92 Å². The van der Waals surface area contributed by atoms with Gasteiger partial charge in [-0.2, -0.15) is 9.78 Å². The van der Waals surface area contributed by atoms with Gasteiger partial charge < -0.3 is 11.1 Å². The molecule has 3 aromatic heterocycles. The molecular weight excluding hydrogens is 458 g/mol. The molecule has 3 N–H and O–H groups in total. The molecule has 4 aromatic rings.